The number of nitrogens with two attached hydrogens (primary N) is 1. The predicted molar refractivity (Wildman–Crippen MR) is 171 cm³/mol. The van der Waals surface area contributed by atoms with E-state index < -0.39 is 6.29 Å². The fourth-order valence-electron chi connectivity index (χ4n) is 4.91. The summed E-state index contributed by atoms with van der Waals surface area (Å²) in [6.07, 6.45) is 1.26. The molecule has 1 saturated heterocycles. The van der Waals surface area contributed by atoms with Gasteiger partial charge in [0.25, 0.3) is 0 Å². The van der Waals surface area contributed by atoms with Gasteiger partial charge in [-0.05, 0) is 58.7 Å². The van der Waals surface area contributed by atoms with Crippen molar-refractivity contribution >= 4 is 40.6 Å². The molecule has 2 amide bonds. The first kappa shape index (κ1) is 32.1. The number of anilines is 3. The highest BCUT2D eigenvalue weighted by molar-refractivity contribution is 7.99. The van der Waals surface area contributed by atoms with Crippen molar-refractivity contribution in [3.8, 4) is 0 Å². The first-order valence-electron chi connectivity index (χ1n) is 14.8. The Morgan fingerprint density at radius 2 is 1.73 bits per heavy atom. The number of unbranched alkanes of at least 4 members (excludes halogenated alkanes) is 1. The third-order valence-corrected chi connectivity index (χ3v) is 8.47. The zero-order valence-corrected chi connectivity index (χ0v) is 25.8. The summed E-state index contributed by atoms with van der Waals surface area (Å²) in [7, 11) is 1.79. The Balaban J connectivity index is 1.17. The molecule has 0 saturated carbocycles. The minimum Gasteiger partial charge on any atom is -0.397 e. The Kier molecular flexibility index (Phi) is 11.1. The molecule has 45 heavy (non-hydrogen) atoms. The number of aliphatic hydroxyl groups excluding tert-OH is 1. The second-order valence-corrected chi connectivity index (χ2v) is 11.7. The smallest absolute Gasteiger partial charge is 0.224 e. The number of benzene rings is 3. The lowest BCUT2D eigenvalue weighted by molar-refractivity contribution is -0.245. The van der Waals surface area contributed by atoms with Crippen molar-refractivity contribution in [1.82, 2.24) is 20.2 Å². The molecule has 2 heterocycles. The molecule has 3 aromatic carbocycles. The number of nitrogens with zero attached hydrogens (tertiary/aromatic N) is 4. The van der Waals surface area contributed by atoms with Crippen molar-refractivity contribution < 1.29 is 24.2 Å². The van der Waals surface area contributed by atoms with Crippen LogP contribution < -0.4 is 16.4 Å². The first-order valence-corrected chi connectivity index (χ1v) is 15.8. The number of carbonyl (C=O) groups excluding carboxylic acids is 2. The van der Waals surface area contributed by atoms with E-state index in [4.69, 9.17) is 15.2 Å². The molecule has 0 bridgehead atoms. The van der Waals surface area contributed by atoms with E-state index in [1.165, 1.54) is 11.8 Å². The van der Waals surface area contributed by atoms with Crippen LogP contribution in [0.5, 0.6) is 0 Å². The third-order valence-electron chi connectivity index (χ3n) is 7.33. The monoisotopic (exact) mass is 631 g/mol. The van der Waals surface area contributed by atoms with Crippen LogP contribution in [0.25, 0.3) is 0 Å². The van der Waals surface area contributed by atoms with Crippen LogP contribution in [0.1, 0.15) is 61.2 Å². The largest absolute Gasteiger partial charge is 0.397 e. The quantitative estimate of drug-likeness (QED) is 0.0918. The van der Waals surface area contributed by atoms with Gasteiger partial charge in [-0.1, -0.05) is 60.3 Å². The summed E-state index contributed by atoms with van der Waals surface area (Å²) in [5, 5.41) is 27.6. The summed E-state index contributed by atoms with van der Waals surface area (Å²) in [6.45, 7) is -0.0276. The Hall–Kier alpha value is -4.30. The van der Waals surface area contributed by atoms with Gasteiger partial charge in [0.15, 0.2) is 6.29 Å². The Bertz CT molecular complexity index is 1580. The minimum absolute atomic E-state index is 0.0276. The van der Waals surface area contributed by atoms with Crippen LogP contribution in [0, 0.1) is 0 Å². The molecule has 12 nitrogen and oxygen atoms in total. The van der Waals surface area contributed by atoms with Crippen molar-refractivity contribution in [3.05, 3.63) is 89.5 Å². The zero-order valence-electron chi connectivity index (χ0n) is 25.0. The van der Waals surface area contributed by atoms with Gasteiger partial charge in [-0.25, -0.2) is 4.68 Å². The van der Waals surface area contributed by atoms with Crippen LogP contribution in [0.2, 0.25) is 0 Å². The lowest BCUT2D eigenvalue weighted by Crippen LogP contribution is -2.31. The lowest BCUT2D eigenvalue weighted by atomic mass is 10.0. The molecule has 5 N–H and O–H groups in total. The highest BCUT2D eigenvalue weighted by Gasteiger charge is 2.32. The summed E-state index contributed by atoms with van der Waals surface area (Å²) in [5.74, 6) is 0.340. The molecule has 1 aliphatic rings. The maximum Gasteiger partial charge on any atom is 0.224 e. The molecule has 0 spiro atoms. The second-order valence-electron chi connectivity index (χ2n) is 10.8. The SMILES string of the molecule is Cn1nnnc1SCC1CC(c2ccc(CO)cc2)OC(c2cccc(NC(=O)CCCCC(=O)Nc3ccccc3N)c2)O1. The fourth-order valence-corrected chi connectivity index (χ4v) is 5.78. The van der Waals surface area contributed by atoms with Crippen LogP contribution in [-0.2, 0) is 32.7 Å². The number of aromatic nitrogens is 4. The fraction of sp³-hybridized carbons (Fsp3) is 0.344. The standard InChI is InChI=1S/C32H37N7O5S/c1-39-32(36-37-38-39)45-20-25-18-28(22-15-13-21(19-40)14-16-22)44-31(43-25)23-7-6-8-24(17-23)34-29(41)11-4-5-12-30(42)35-27-10-3-2-9-26(27)33/h2-3,6-10,13-17,25,28,31,40H,4-5,11-12,18-20,33H2,1H3,(H,34,41)(H,35,42). The van der Waals surface area contributed by atoms with Crippen molar-refractivity contribution in [2.45, 2.75) is 62.4 Å². The van der Waals surface area contributed by atoms with Gasteiger partial charge < -0.3 is 30.9 Å². The van der Waals surface area contributed by atoms with E-state index >= 15 is 0 Å². The number of nitrogens with one attached hydrogen (secondary N) is 2. The molecule has 3 unspecified atom stereocenters. The highest BCUT2D eigenvalue weighted by atomic mass is 32.2. The number of nitrogen functional groups attached to an aromatic ring is 1. The van der Waals surface area contributed by atoms with Gasteiger partial charge >= 0.3 is 0 Å². The van der Waals surface area contributed by atoms with Crippen LogP contribution in [-0.4, -0.2) is 49.0 Å². The zero-order chi connectivity index (χ0) is 31.6. The van der Waals surface area contributed by atoms with Crippen molar-refractivity contribution in [2.75, 3.05) is 22.1 Å². The number of para-hydroxylation sites is 2. The molecule has 13 heteroatoms. The average Bonchev–Trinajstić information content (AvgIpc) is 3.47. The first-order chi connectivity index (χ1) is 21.9. The number of thioether (sulfide) groups is 1. The third kappa shape index (κ3) is 9.11. The van der Waals surface area contributed by atoms with Crippen LogP contribution in [0.3, 0.4) is 0 Å². The average molecular weight is 632 g/mol. The van der Waals surface area contributed by atoms with E-state index in [-0.39, 0.29) is 37.0 Å². The molecule has 1 aliphatic heterocycles. The van der Waals surface area contributed by atoms with Gasteiger partial charge in [0.1, 0.15) is 0 Å². The topological polar surface area (TPSA) is 167 Å². The van der Waals surface area contributed by atoms with E-state index in [1.54, 1.807) is 23.9 Å². The summed E-state index contributed by atoms with van der Waals surface area (Å²) in [5.41, 5.74) is 10.2. The van der Waals surface area contributed by atoms with E-state index in [0.717, 1.165) is 16.7 Å². The van der Waals surface area contributed by atoms with Gasteiger partial charge in [0.05, 0.1) is 30.2 Å². The molecule has 1 aromatic heterocycles. The number of aliphatic hydroxyl groups is 1. The van der Waals surface area contributed by atoms with Gasteiger partial charge in [-0.2, -0.15) is 0 Å². The van der Waals surface area contributed by atoms with Crippen molar-refractivity contribution in [2.24, 2.45) is 7.05 Å². The number of hydrogen-bond donors (Lipinski definition) is 4. The lowest BCUT2D eigenvalue weighted by Gasteiger charge is -2.36. The molecule has 5 rings (SSSR count). The highest BCUT2D eigenvalue weighted by Crippen LogP contribution is 2.39. The molecule has 236 valence electrons. The summed E-state index contributed by atoms with van der Waals surface area (Å²) in [4.78, 5) is 25.0. The van der Waals surface area contributed by atoms with E-state index in [1.807, 2.05) is 60.7 Å². The second kappa shape index (κ2) is 15.6. The maximum atomic E-state index is 12.7. The number of tetrazole rings is 1. The van der Waals surface area contributed by atoms with Crippen molar-refractivity contribution in [1.29, 1.82) is 0 Å². The van der Waals surface area contributed by atoms with Crippen LogP contribution in [0.4, 0.5) is 17.1 Å². The number of amides is 2. The Morgan fingerprint density at radius 1 is 0.978 bits per heavy atom. The predicted octanol–water partition coefficient (Wildman–Crippen LogP) is 4.76. The van der Waals surface area contributed by atoms with Gasteiger partial charge in [-0.3, -0.25) is 9.59 Å². The van der Waals surface area contributed by atoms with E-state index in [0.29, 0.717) is 53.7 Å². The van der Waals surface area contributed by atoms with Crippen LogP contribution >= 0.6 is 11.8 Å². The van der Waals surface area contributed by atoms with Gasteiger partial charge in [0, 0.05) is 43.3 Å². The number of hydrogen-bond acceptors (Lipinski definition) is 10. The summed E-state index contributed by atoms with van der Waals surface area (Å²) in [6, 6.07) is 22.2. The molecule has 0 aliphatic carbocycles. The maximum absolute atomic E-state index is 12.7. The number of carbonyl (C=O) groups is 2. The Morgan fingerprint density at radius 3 is 2.44 bits per heavy atom. The molecule has 1 fully saturated rings. The van der Waals surface area contributed by atoms with Crippen molar-refractivity contribution in [3.63, 3.8) is 0 Å². The molecular weight excluding hydrogens is 594 g/mol. The number of aryl methyl sites for hydroxylation is 1. The molecule has 3 atom stereocenters. The Labute approximate surface area is 265 Å². The number of rotatable bonds is 13. The molecule has 0 radical (unpaired) electrons. The van der Waals surface area contributed by atoms with E-state index in [2.05, 4.69) is 26.2 Å². The molecule has 4 aromatic rings. The summed E-state index contributed by atoms with van der Waals surface area (Å²) >= 11 is 1.51. The minimum atomic E-state index is -0.668. The van der Waals surface area contributed by atoms with Crippen LogP contribution in [0.15, 0.2) is 78.0 Å². The molecular formula is C32H37N7O5S. The van der Waals surface area contributed by atoms with E-state index in [9.17, 15) is 14.7 Å². The normalized spacial score (nSPS) is 18.0. The summed E-state index contributed by atoms with van der Waals surface area (Å²) < 4.78 is 14.5. The van der Waals surface area contributed by atoms with Gasteiger partial charge in [0.2, 0.25) is 17.0 Å². The number of ether oxygens (including phenoxy) is 2. The van der Waals surface area contributed by atoms with Gasteiger partial charge in [-0.15, -0.1) is 5.10 Å².